The molecule has 0 aromatic rings. The zero-order chi connectivity index (χ0) is 13.0. The molecule has 1 rings (SSSR count). The Labute approximate surface area is 108 Å². The highest BCUT2D eigenvalue weighted by Crippen LogP contribution is 2.39. The highest BCUT2D eigenvalue weighted by atomic mass is 16.3. The van der Waals surface area contributed by atoms with E-state index in [1.54, 1.807) is 0 Å². The summed E-state index contributed by atoms with van der Waals surface area (Å²) in [5.74, 6) is 2.96. The molecule has 1 aliphatic carbocycles. The van der Waals surface area contributed by atoms with E-state index in [9.17, 15) is 5.11 Å². The molecule has 1 nitrogen and oxygen atoms in total. The normalized spacial score (nSPS) is 28.1. The Kier molecular flexibility index (Phi) is 5.99. The maximum atomic E-state index is 10.8. The van der Waals surface area contributed by atoms with Gasteiger partial charge in [0.2, 0.25) is 0 Å². The molecule has 1 saturated carbocycles. The molecule has 1 aliphatic rings. The van der Waals surface area contributed by atoms with Gasteiger partial charge in [0.15, 0.2) is 0 Å². The molecule has 0 heterocycles. The van der Waals surface area contributed by atoms with Crippen LogP contribution in [0.25, 0.3) is 0 Å². The predicted octanol–water partition coefficient (Wildman–Crippen LogP) is 4.49. The summed E-state index contributed by atoms with van der Waals surface area (Å²) in [4.78, 5) is 0. The van der Waals surface area contributed by atoms with Crippen molar-refractivity contribution in [2.75, 3.05) is 0 Å². The van der Waals surface area contributed by atoms with Crippen LogP contribution < -0.4 is 0 Å². The maximum Gasteiger partial charge on any atom is 0.0604 e. The van der Waals surface area contributed by atoms with E-state index in [4.69, 9.17) is 0 Å². The minimum Gasteiger partial charge on any atom is -0.393 e. The molecule has 0 saturated heterocycles. The van der Waals surface area contributed by atoms with Crippen molar-refractivity contribution in [3.8, 4) is 0 Å². The van der Waals surface area contributed by atoms with Crippen LogP contribution in [0.4, 0.5) is 0 Å². The second-order valence-corrected chi connectivity index (χ2v) is 6.67. The third-order valence-electron chi connectivity index (χ3n) is 4.86. The molecule has 0 aromatic heterocycles. The second-order valence-electron chi connectivity index (χ2n) is 6.67. The Balaban J connectivity index is 2.73. The molecule has 0 radical (unpaired) electrons. The molecule has 0 amide bonds. The van der Waals surface area contributed by atoms with E-state index in [2.05, 4.69) is 34.6 Å². The summed E-state index contributed by atoms with van der Waals surface area (Å²) in [5.41, 5.74) is 0. The fourth-order valence-electron chi connectivity index (χ4n) is 4.04. The van der Waals surface area contributed by atoms with E-state index >= 15 is 0 Å². The Morgan fingerprint density at radius 1 is 1.00 bits per heavy atom. The number of rotatable bonds is 5. The van der Waals surface area contributed by atoms with Crippen LogP contribution in [0.3, 0.4) is 0 Å². The summed E-state index contributed by atoms with van der Waals surface area (Å²) in [6.07, 6.45) is 6.43. The van der Waals surface area contributed by atoms with Crippen LogP contribution in [-0.4, -0.2) is 11.2 Å². The van der Waals surface area contributed by atoms with Gasteiger partial charge in [-0.25, -0.2) is 0 Å². The van der Waals surface area contributed by atoms with Crippen molar-refractivity contribution in [2.45, 2.75) is 72.8 Å². The summed E-state index contributed by atoms with van der Waals surface area (Å²) in [6, 6.07) is 0. The molecule has 102 valence electrons. The van der Waals surface area contributed by atoms with Gasteiger partial charge in [-0.1, -0.05) is 60.3 Å². The predicted molar refractivity (Wildman–Crippen MR) is 74.9 cm³/mol. The highest BCUT2D eigenvalue weighted by molar-refractivity contribution is 4.86. The zero-order valence-electron chi connectivity index (χ0n) is 12.4. The van der Waals surface area contributed by atoms with E-state index in [0.717, 1.165) is 5.92 Å². The smallest absolute Gasteiger partial charge is 0.0604 e. The van der Waals surface area contributed by atoms with Crippen LogP contribution in [-0.2, 0) is 0 Å². The summed E-state index contributed by atoms with van der Waals surface area (Å²) in [6.45, 7) is 11.3. The third-order valence-corrected chi connectivity index (χ3v) is 4.86. The standard InChI is InChI=1S/C16H32O/c1-6-13-9-7-8-10-14(13)16(17)15(11(2)3)12(4)5/h11-17H,6-10H2,1-5H3. The van der Waals surface area contributed by atoms with Gasteiger partial charge in [0, 0.05) is 0 Å². The van der Waals surface area contributed by atoms with E-state index in [0.29, 0.717) is 23.7 Å². The van der Waals surface area contributed by atoms with Crippen molar-refractivity contribution in [1.29, 1.82) is 0 Å². The van der Waals surface area contributed by atoms with Crippen molar-refractivity contribution in [2.24, 2.45) is 29.6 Å². The molecule has 1 fully saturated rings. The fourth-order valence-corrected chi connectivity index (χ4v) is 4.04. The first kappa shape index (κ1) is 15.0. The zero-order valence-corrected chi connectivity index (χ0v) is 12.4. The van der Waals surface area contributed by atoms with Crippen molar-refractivity contribution in [1.82, 2.24) is 0 Å². The van der Waals surface area contributed by atoms with E-state index in [1.807, 2.05) is 0 Å². The summed E-state index contributed by atoms with van der Waals surface area (Å²) in [7, 11) is 0. The van der Waals surface area contributed by atoms with Crippen molar-refractivity contribution < 1.29 is 5.11 Å². The first-order valence-electron chi connectivity index (χ1n) is 7.67. The van der Waals surface area contributed by atoms with Crippen LogP contribution in [0.15, 0.2) is 0 Å². The van der Waals surface area contributed by atoms with Crippen LogP contribution in [0.5, 0.6) is 0 Å². The van der Waals surface area contributed by atoms with Crippen LogP contribution >= 0.6 is 0 Å². The molecule has 1 N–H and O–H groups in total. The van der Waals surface area contributed by atoms with Crippen LogP contribution in [0.2, 0.25) is 0 Å². The van der Waals surface area contributed by atoms with Crippen LogP contribution in [0.1, 0.15) is 66.7 Å². The lowest BCUT2D eigenvalue weighted by atomic mass is 9.68. The van der Waals surface area contributed by atoms with Crippen LogP contribution in [0, 0.1) is 29.6 Å². The largest absolute Gasteiger partial charge is 0.393 e. The van der Waals surface area contributed by atoms with Gasteiger partial charge in [-0.15, -0.1) is 0 Å². The number of hydrogen-bond acceptors (Lipinski definition) is 1. The Bertz CT molecular complexity index is 202. The van der Waals surface area contributed by atoms with Crippen molar-refractivity contribution >= 4 is 0 Å². The van der Waals surface area contributed by atoms with Gasteiger partial charge >= 0.3 is 0 Å². The number of aliphatic hydroxyl groups excluding tert-OH is 1. The molecule has 1 heteroatoms. The average molecular weight is 240 g/mol. The molecular formula is C16H32O. The van der Waals surface area contributed by atoms with Crippen molar-refractivity contribution in [3.05, 3.63) is 0 Å². The fraction of sp³-hybridized carbons (Fsp3) is 1.00. The van der Waals surface area contributed by atoms with Gasteiger partial charge < -0.3 is 5.11 Å². The van der Waals surface area contributed by atoms with Gasteiger partial charge in [-0.3, -0.25) is 0 Å². The Hall–Kier alpha value is -0.0400. The minimum absolute atomic E-state index is 0.0831. The summed E-state index contributed by atoms with van der Waals surface area (Å²) < 4.78 is 0. The SMILES string of the molecule is CCC1CCCCC1C(O)C(C(C)C)C(C)C. The molecule has 0 bridgehead atoms. The van der Waals surface area contributed by atoms with Crippen molar-refractivity contribution in [3.63, 3.8) is 0 Å². The third kappa shape index (κ3) is 3.71. The molecule has 3 unspecified atom stereocenters. The number of aliphatic hydroxyl groups is 1. The quantitative estimate of drug-likeness (QED) is 0.750. The molecule has 0 aromatic carbocycles. The Morgan fingerprint density at radius 3 is 2.00 bits per heavy atom. The topological polar surface area (TPSA) is 20.2 Å². The Morgan fingerprint density at radius 2 is 1.53 bits per heavy atom. The van der Waals surface area contributed by atoms with Gasteiger partial charge in [0.25, 0.3) is 0 Å². The van der Waals surface area contributed by atoms with Gasteiger partial charge in [0.05, 0.1) is 6.10 Å². The van der Waals surface area contributed by atoms with E-state index < -0.39 is 0 Å². The lowest BCUT2D eigenvalue weighted by molar-refractivity contribution is -0.0282. The lowest BCUT2D eigenvalue weighted by Gasteiger charge is -2.40. The van der Waals surface area contributed by atoms with Gasteiger partial charge in [0.1, 0.15) is 0 Å². The number of hydrogen-bond donors (Lipinski definition) is 1. The molecular weight excluding hydrogens is 208 g/mol. The summed E-state index contributed by atoms with van der Waals surface area (Å²) in [5, 5.41) is 10.8. The van der Waals surface area contributed by atoms with E-state index in [1.165, 1.54) is 32.1 Å². The van der Waals surface area contributed by atoms with Gasteiger partial charge in [-0.2, -0.15) is 0 Å². The average Bonchev–Trinajstić information content (AvgIpc) is 2.27. The second kappa shape index (κ2) is 6.78. The molecule has 3 atom stereocenters. The minimum atomic E-state index is -0.0831. The monoisotopic (exact) mass is 240 g/mol. The molecule has 17 heavy (non-hydrogen) atoms. The first-order valence-corrected chi connectivity index (χ1v) is 7.67. The van der Waals surface area contributed by atoms with E-state index in [-0.39, 0.29) is 6.10 Å². The highest BCUT2D eigenvalue weighted by Gasteiger charge is 2.36. The molecule has 0 aliphatic heterocycles. The lowest BCUT2D eigenvalue weighted by Crippen LogP contribution is -2.40. The molecule has 0 spiro atoms. The van der Waals surface area contributed by atoms with Gasteiger partial charge in [-0.05, 0) is 36.0 Å². The summed E-state index contributed by atoms with van der Waals surface area (Å²) >= 11 is 0. The maximum absolute atomic E-state index is 10.8. The first-order chi connectivity index (χ1) is 7.99.